The molecule has 2 aromatic rings. The maximum Gasteiger partial charge on any atom is 0.265 e. The Hall–Kier alpha value is -3.08. The second kappa shape index (κ2) is 8.85. The molecular weight excluding hydrogens is 328 g/mol. The van der Waals surface area contributed by atoms with Crippen LogP contribution in [0, 0.1) is 13.8 Å². The van der Waals surface area contributed by atoms with Gasteiger partial charge in [-0.2, -0.15) is 0 Å². The molecule has 26 heavy (non-hydrogen) atoms. The van der Waals surface area contributed by atoms with E-state index in [2.05, 4.69) is 17.2 Å². The molecule has 0 aliphatic heterocycles. The molecule has 0 saturated heterocycles. The highest BCUT2D eigenvalue weighted by Crippen LogP contribution is 2.22. The minimum Gasteiger partial charge on any atom is -0.481 e. The summed E-state index contributed by atoms with van der Waals surface area (Å²) in [4.78, 5) is 24.7. The van der Waals surface area contributed by atoms with Crippen LogP contribution in [0.2, 0.25) is 0 Å². The summed E-state index contributed by atoms with van der Waals surface area (Å²) in [6.07, 6.45) is 0.888. The maximum atomic E-state index is 12.5. The second-order valence-electron chi connectivity index (χ2n) is 5.99. The van der Waals surface area contributed by atoms with Crippen molar-refractivity contribution in [3.63, 3.8) is 0 Å². The van der Waals surface area contributed by atoms with Crippen LogP contribution in [0.4, 0.5) is 5.69 Å². The van der Waals surface area contributed by atoms with Crippen molar-refractivity contribution in [3.8, 4) is 5.75 Å². The molecule has 0 radical (unpaired) electrons. The van der Waals surface area contributed by atoms with Gasteiger partial charge in [-0.15, -0.1) is 6.58 Å². The summed E-state index contributed by atoms with van der Waals surface area (Å²) in [5, 5.41) is 5.48. The van der Waals surface area contributed by atoms with E-state index >= 15 is 0 Å². The van der Waals surface area contributed by atoms with Crippen molar-refractivity contribution in [1.29, 1.82) is 0 Å². The van der Waals surface area contributed by atoms with Gasteiger partial charge in [0.15, 0.2) is 6.10 Å². The van der Waals surface area contributed by atoms with E-state index in [4.69, 9.17) is 4.74 Å². The second-order valence-corrected chi connectivity index (χ2v) is 5.99. The number of hydrogen-bond donors (Lipinski definition) is 2. The predicted molar refractivity (Wildman–Crippen MR) is 104 cm³/mol. The van der Waals surface area contributed by atoms with Crippen molar-refractivity contribution in [3.05, 3.63) is 71.8 Å². The molecule has 0 aliphatic carbocycles. The van der Waals surface area contributed by atoms with Crippen molar-refractivity contribution in [2.75, 3.05) is 11.9 Å². The van der Waals surface area contributed by atoms with Crippen LogP contribution >= 0.6 is 0 Å². The number of aryl methyl sites for hydroxylation is 1. The Morgan fingerprint density at radius 1 is 1.15 bits per heavy atom. The Morgan fingerprint density at radius 2 is 1.88 bits per heavy atom. The van der Waals surface area contributed by atoms with Crippen LogP contribution in [0.1, 0.15) is 28.4 Å². The molecule has 5 heteroatoms. The number of hydrogen-bond acceptors (Lipinski definition) is 3. The highest BCUT2D eigenvalue weighted by atomic mass is 16.5. The highest BCUT2D eigenvalue weighted by molar-refractivity contribution is 6.04. The average Bonchev–Trinajstić information content (AvgIpc) is 2.63. The first-order chi connectivity index (χ1) is 12.4. The Morgan fingerprint density at radius 3 is 2.62 bits per heavy atom. The number of amides is 2. The molecule has 2 aromatic carbocycles. The Balaban J connectivity index is 2.10. The van der Waals surface area contributed by atoms with Gasteiger partial charge in [-0.3, -0.25) is 9.59 Å². The van der Waals surface area contributed by atoms with Gasteiger partial charge in [0.25, 0.3) is 11.8 Å². The normalized spacial score (nSPS) is 11.3. The summed E-state index contributed by atoms with van der Waals surface area (Å²) in [5.74, 6) is 0.0726. The molecule has 0 heterocycles. The molecule has 2 N–H and O–H groups in total. The van der Waals surface area contributed by atoms with E-state index in [0.717, 1.165) is 11.1 Å². The monoisotopic (exact) mass is 352 g/mol. The van der Waals surface area contributed by atoms with Crippen LogP contribution in [0.15, 0.2) is 55.1 Å². The number of nitrogens with one attached hydrogen (secondary N) is 2. The molecule has 0 bridgehead atoms. The van der Waals surface area contributed by atoms with Crippen LogP contribution in [0.3, 0.4) is 0 Å². The average molecular weight is 352 g/mol. The predicted octanol–water partition coefficient (Wildman–Crippen LogP) is 3.63. The van der Waals surface area contributed by atoms with Crippen LogP contribution in [0.5, 0.6) is 5.75 Å². The molecule has 136 valence electrons. The number of carbonyl (C=O) groups excluding carboxylic acids is 2. The van der Waals surface area contributed by atoms with Crippen molar-refractivity contribution in [2.45, 2.75) is 26.9 Å². The van der Waals surface area contributed by atoms with E-state index in [9.17, 15) is 9.59 Å². The summed E-state index contributed by atoms with van der Waals surface area (Å²) in [5.41, 5.74) is 2.92. The lowest BCUT2D eigenvalue weighted by Crippen LogP contribution is -2.32. The number of para-hydroxylation sites is 1. The van der Waals surface area contributed by atoms with Gasteiger partial charge in [0, 0.05) is 6.54 Å². The fourth-order valence-electron chi connectivity index (χ4n) is 2.38. The zero-order valence-electron chi connectivity index (χ0n) is 15.3. The third-order valence-electron chi connectivity index (χ3n) is 4.06. The van der Waals surface area contributed by atoms with Gasteiger partial charge in [-0.1, -0.05) is 30.3 Å². The number of carbonyl (C=O) groups is 2. The van der Waals surface area contributed by atoms with Gasteiger partial charge >= 0.3 is 0 Å². The van der Waals surface area contributed by atoms with E-state index in [1.54, 1.807) is 37.3 Å². The Labute approximate surface area is 154 Å². The van der Waals surface area contributed by atoms with E-state index in [1.165, 1.54) is 0 Å². The number of anilines is 1. The minimum atomic E-state index is -0.709. The number of ether oxygens (including phenoxy) is 1. The molecular formula is C21H24N2O3. The van der Waals surface area contributed by atoms with Gasteiger partial charge in [0.1, 0.15) is 5.75 Å². The molecule has 0 saturated carbocycles. The van der Waals surface area contributed by atoms with Gasteiger partial charge < -0.3 is 15.4 Å². The standard InChI is InChI=1S/C21H24N2O3/c1-5-13-22-21(25)17-10-6-7-11-18(17)23-20(24)16(4)26-19-12-8-9-14(2)15(19)3/h5-12,16H,1,13H2,2-4H3,(H,22,25)(H,23,24). The first kappa shape index (κ1) is 19.2. The van der Waals surface area contributed by atoms with Crippen LogP contribution in [-0.2, 0) is 4.79 Å². The first-order valence-electron chi connectivity index (χ1n) is 8.46. The Kier molecular flexibility index (Phi) is 6.55. The lowest BCUT2D eigenvalue weighted by Gasteiger charge is -2.18. The highest BCUT2D eigenvalue weighted by Gasteiger charge is 2.19. The molecule has 0 aromatic heterocycles. The van der Waals surface area contributed by atoms with Crippen molar-refractivity contribution >= 4 is 17.5 Å². The SMILES string of the molecule is C=CCNC(=O)c1ccccc1NC(=O)C(C)Oc1cccc(C)c1C. The number of benzene rings is 2. The summed E-state index contributed by atoms with van der Waals surface area (Å²) >= 11 is 0. The molecule has 5 nitrogen and oxygen atoms in total. The summed E-state index contributed by atoms with van der Waals surface area (Å²) in [7, 11) is 0. The zero-order valence-corrected chi connectivity index (χ0v) is 15.3. The van der Waals surface area contributed by atoms with E-state index < -0.39 is 6.10 Å². The van der Waals surface area contributed by atoms with E-state index in [1.807, 2.05) is 32.0 Å². The van der Waals surface area contributed by atoms with Gasteiger partial charge in [0.05, 0.1) is 11.3 Å². The molecule has 1 unspecified atom stereocenters. The largest absolute Gasteiger partial charge is 0.481 e. The lowest BCUT2D eigenvalue weighted by molar-refractivity contribution is -0.122. The molecule has 0 fully saturated rings. The molecule has 0 spiro atoms. The summed E-state index contributed by atoms with van der Waals surface area (Å²) in [6, 6.07) is 12.6. The van der Waals surface area contributed by atoms with Crippen molar-refractivity contribution < 1.29 is 14.3 Å². The van der Waals surface area contributed by atoms with E-state index in [0.29, 0.717) is 23.5 Å². The summed E-state index contributed by atoms with van der Waals surface area (Å²) in [6.45, 7) is 9.55. The third-order valence-corrected chi connectivity index (χ3v) is 4.06. The molecule has 1 atom stereocenters. The maximum absolute atomic E-state index is 12.5. The fourth-order valence-corrected chi connectivity index (χ4v) is 2.38. The molecule has 0 aliphatic rings. The van der Waals surface area contributed by atoms with Crippen LogP contribution < -0.4 is 15.4 Å². The topological polar surface area (TPSA) is 67.4 Å². The first-order valence-corrected chi connectivity index (χ1v) is 8.46. The van der Waals surface area contributed by atoms with Crippen molar-refractivity contribution in [1.82, 2.24) is 5.32 Å². The zero-order chi connectivity index (χ0) is 19.1. The fraction of sp³-hybridized carbons (Fsp3) is 0.238. The van der Waals surface area contributed by atoms with Crippen molar-refractivity contribution in [2.24, 2.45) is 0 Å². The van der Waals surface area contributed by atoms with Gasteiger partial charge in [0.2, 0.25) is 0 Å². The smallest absolute Gasteiger partial charge is 0.265 e. The van der Waals surface area contributed by atoms with Crippen LogP contribution in [0.25, 0.3) is 0 Å². The van der Waals surface area contributed by atoms with E-state index in [-0.39, 0.29) is 11.8 Å². The summed E-state index contributed by atoms with van der Waals surface area (Å²) < 4.78 is 5.80. The minimum absolute atomic E-state index is 0.274. The van der Waals surface area contributed by atoms with Crippen LogP contribution in [-0.4, -0.2) is 24.5 Å². The quantitative estimate of drug-likeness (QED) is 0.748. The third kappa shape index (κ3) is 4.72. The lowest BCUT2D eigenvalue weighted by atomic mass is 10.1. The molecule has 2 amide bonds. The molecule has 2 rings (SSSR count). The van der Waals surface area contributed by atoms with Gasteiger partial charge in [-0.05, 0) is 50.1 Å². The Bertz CT molecular complexity index is 815. The van der Waals surface area contributed by atoms with Gasteiger partial charge in [-0.25, -0.2) is 0 Å². The number of rotatable bonds is 7.